The molecule has 0 radical (unpaired) electrons. The van der Waals surface area contributed by atoms with Gasteiger partial charge in [0.25, 0.3) is 0 Å². The molecule has 0 aliphatic carbocycles. The van der Waals surface area contributed by atoms with Crippen LogP contribution < -0.4 is 10.1 Å². The molecule has 1 fully saturated rings. The number of anilines is 1. The van der Waals surface area contributed by atoms with Crippen LogP contribution in [0.4, 0.5) is 5.82 Å². The molecule has 6 rings (SSSR count). The number of nitrogens with one attached hydrogen (secondary N) is 1. The second-order valence-corrected chi connectivity index (χ2v) is 9.50. The van der Waals surface area contributed by atoms with Crippen LogP contribution in [0.3, 0.4) is 0 Å². The summed E-state index contributed by atoms with van der Waals surface area (Å²) in [6.45, 7) is 5.93. The lowest BCUT2D eigenvalue weighted by Gasteiger charge is -2.32. The molecule has 0 saturated carbocycles. The van der Waals surface area contributed by atoms with Crippen molar-refractivity contribution in [1.82, 2.24) is 29.4 Å². The number of hydrogen-bond acceptors (Lipinski definition) is 7. The minimum Gasteiger partial charge on any atom is -0.490 e. The standard InChI is InChI=1S/C30H31N7O/c1-2-31-28-20-22(12-17-33-28)21-36-18-13-25(14-19-36)38-24-10-8-23(9-11-24)37-29-27(7-5-16-34-29)35-30(37)26-6-3-4-15-32-26/h3-12,15-17,20,25H,2,13-14,18-19,21H2,1H3,(H,31,33). The second-order valence-electron chi connectivity index (χ2n) is 9.50. The van der Waals surface area contributed by atoms with Crippen LogP contribution in [0.1, 0.15) is 25.3 Å². The van der Waals surface area contributed by atoms with E-state index in [1.54, 1.807) is 12.4 Å². The van der Waals surface area contributed by atoms with Crippen LogP contribution in [-0.4, -0.2) is 55.1 Å². The fourth-order valence-corrected chi connectivity index (χ4v) is 4.98. The Balaban J connectivity index is 1.12. The fraction of sp³-hybridized carbons (Fsp3) is 0.267. The number of ether oxygens (including phenoxy) is 1. The van der Waals surface area contributed by atoms with E-state index >= 15 is 0 Å². The van der Waals surface area contributed by atoms with Crippen molar-refractivity contribution in [2.24, 2.45) is 0 Å². The third kappa shape index (κ3) is 5.21. The van der Waals surface area contributed by atoms with Crippen LogP contribution in [0.2, 0.25) is 0 Å². The summed E-state index contributed by atoms with van der Waals surface area (Å²) < 4.78 is 8.44. The van der Waals surface area contributed by atoms with E-state index in [1.807, 2.05) is 48.7 Å². The second kappa shape index (κ2) is 11.0. The predicted octanol–water partition coefficient (Wildman–Crippen LogP) is 5.35. The monoisotopic (exact) mass is 505 g/mol. The number of benzene rings is 1. The fourth-order valence-electron chi connectivity index (χ4n) is 4.98. The van der Waals surface area contributed by atoms with Gasteiger partial charge in [0.2, 0.25) is 0 Å². The Morgan fingerprint density at radius 3 is 2.53 bits per heavy atom. The van der Waals surface area contributed by atoms with Crippen molar-refractivity contribution in [2.75, 3.05) is 25.0 Å². The van der Waals surface area contributed by atoms with Gasteiger partial charge < -0.3 is 10.1 Å². The molecule has 5 heterocycles. The van der Waals surface area contributed by atoms with Crippen molar-refractivity contribution in [2.45, 2.75) is 32.4 Å². The number of likely N-dealkylation sites (tertiary alicyclic amines) is 1. The summed E-state index contributed by atoms with van der Waals surface area (Å²) in [6, 6.07) is 22.2. The zero-order valence-electron chi connectivity index (χ0n) is 21.5. The van der Waals surface area contributed by atoms with E-state index in [2.05, 4.69) is 60.9 Å². The average molecular weight is 506 g/mol. The Hall–Kier alpha value is -4.30. The largest absolute Gasteiger partial charge is 0.490 e. The van der Waals surface area contributed by atoms with Crippen LogP contribution >= 0.6 is 0 Å². The molecule has 1 aliphatic heterocycles. The summed E-state index contributed by atoms with van der Waals surface area (Å²) in [6.07, 6.45) is 7.69. The summed E-state index contributed by atoms with van der Waals surface area (Å²) in [5.74, 6) is 2.60. The molecule has 8 heteroatoms. The van der Waals surface area contributed by atoms with E-state index in [-0.39, 0.29) is 6.10 Å². The molecular weight excluding hydrogens is 474 g/mol. The Morgan fingerprint density at radius 1 is 0.895 bits per heavy atom. The molecule has 0 unspecified atom stereocenters. The van der Waals surface area contributed by atoms with Gasteiger partial charge in [0.1, 0.15) is 28.9 Å². The number of hydrogen-bond donors (Lipinski definition) is 1. The Labute approximate surface area is 222 Å². The first kappa shape index (κ1) is 24.1. The molecule has 0 bridgehead atoms. The highest BCUT2D eigenvalue weighted by Crippen LogP contribution is 2.28. The minimum absolute atomic E-state index is 0.215. The summed E-state index contributed by atoms with van der Waals surface area (Å²) in [7, 11) is 0. The molecule has 1 N–H and O–H groups in total. The Kier molecular flexibility index (Phi) is 6.95. The van der Waals surface area contributed by atoms with Gasteiger partial charge in [-0.15, -0.1) is 0 Å². The van der Waals surface area contributed by atoms with Gasteiger partial charge in [-0.2, -0.15) is 0 Å². The first-order chi connectivity index (χ1) is 18.8. The van der Waals surface area contributed by atoms with Crippen molar-refractivity contribution < 1.29 is 4.74 Å². The third-order valence-corrected chi connectivity index (χ3v) is 6.83. The van der Waals surface area contributed by atoms with Crippen molar-refractivity contribution in [3.63, 3.8) is 0 Å². The molecule has 0 amide bonds. The molecule has 38 heavy (non-hydrogen) atoms. The van der Waals surface area contributed by atoms with Crippen molar-refractivity contribution >= 4 is 17.0 Å². The smallest absolute Gasteiger partial charge is 0.165 e. The maximum atomic E-state index is 6.38. The van der Waals surface area contributed by atoms with Gasteiger partial charge in [0.15, 0.2) is 11.5 Å². The maximum Gasteiger partial charge on any atom is 0.165 e. The number of nitrogens with zero attached hydrogens (tertiary/aromatic N) is 6. The Bertz CT molecular complexity index is 1490. The van der Waals surface area contributed by atoms with Crippen molar-refractivity contribution in [3.8, 4) is 23.0 Å². The van der Waals surface area contributed by atoms with Crippen molar-refractivity contribution in [1.29, 1.82) is 0 Å². The first-order valence-corrected chi connectivity index (χ1v) is 13.2. The van der Waals surface area contributed by atoms with Crippen molar-refractivity contribution in [3.05, 3.63) is 90.9 Å². The van der Waals surface area contributed by atoms with E-state index in [0.717, 1.165) is 79.0 Å². The lowest BCUT2D eigenvalue weighted by atomic mass is 10.1. The first-order valence-electron chi connectivity index (χ1n) is 13.2. The van der Waals surface area contributed by atoms with Crippen LogP contribution in [0.25, 0.3) is 28.4 Å². The topological polar surface area (TPSA) is 81.0 Å². The van der Waals surface area contributed by atoms with E-state index in [1.165, 1.54) is 5.56 Å². The van der Waals surface area contributed by atoms with Gasteiger partial charge in [0.05, 0.1) is 0 Å². The molecule has 1 aromatic carbocycles. The number of fused-ring (bicyclic) bond motifs is 1. The molecule has 1 saturated heterocycles. The van der Waals surface area contributed by atoms with Gasteiger partial charge in [-0.3, -0.25) is 14.5 Å². The number of piperidine rings is 1. The Morgan fingerprint density at radius 2 is 1.74 bits per heavy atom. The maximum absolute atomic E-state index is 6.38. The summed E-state index contributed by atoms with van der Waals surface area (Å²) in [4.78, 5) is 20.8. The van der Waals surface area contributed by atoms with E-state index < -0.39 is 0 Å². The summed E-state index contributed by atoms with van der Waals surface area (Å²) in [5.41, 5.74) is 4.72. The van der Waals surface area contributed by atoms with E-state index in [0.29, 0.717) is 0 Å². The van der Waals surface area contributed by atoms with E-state index in [9.17, 15) is 0 Å². The highest BCUT2D eigenvalue weighted by atomic mass is 16.5. The quantitative estimate of drug-likeness (QED) is 0.304. The van der Waals surface area contributed by atoms with Crippen LogP contribution in [0.5, 0.6) is 5.75 Å². The number of imidazole rings is 1. The number of aromatic nitrogens is 5. The highest BCUT2D eigenvalue weighted by Gasteiger charge is 2.21. The minimum atomic E-state index is 0.215. The normalized spacial score (nSPS) is 14.6. The third-order valence-electron chi connectivity index (χ3n) is 6.83. The molecule has 1 aliphatic rings. The van der Waals surface area contributed by atoms with Crippen LogP contribution in [0, 0.1) is 0 Å². The number of rotatable bonds is 8. The van der Waals surface area contributed by atoms with Gasteiger partial charge in [-0.05, 0) is 86.0 Å². The molecule has 8 nitrogen and oxygen atoms in total. The van der Waals surface area contributed by atoms with E-state index in [4.69, 9.17) is 9.72 Å². The number of pyridine rings is 3. The molecular formula is C30H31N7O. The summed E-state index contributed by atoms with van der Waals surface area (Å²) >= 11 is 0. The highest BCUT2D eigenvalue weighted by molar-refractivity contribution is 5.79. The SMILES string of the molecule is CCNc1cc(CN2CCC(Oc3ccc(-n4c(-c5ccccn5)nc5cccnc54)cc3)CC2)ccn1. The van der Waals surface area contributed by atoms with Crippen LogP contribution in [0.15, 0.2) is 85.3 Å². The van der Waals surface area contributed by atoms with Gasteiger partial charge in [-0.1, -0.05) is 6.07 Å². The van der Waals surface area contributed by atoms with Gasteiger partial charge >= 0.3 is 0 Å². The zero-order chi connectivity index (χ0) is 25.7. The lowest BCUT2D eigenvalue weighted by molar-refractivity contribution is 0.0968. The molecule has 0 spiro atoms. The zero-order valence-corrected chi connectivity index (χ0v) is 21.5. The predicted molar refractivity (Wildman–Crippen MR) is 149 cm³/mol. The molecule has 192 valence electrons. The van der Waals surface area contributed by atoms with Crippen LogP contribution in [-0.2, 0) is 6.54 Å². The summed E-state index contributed by atoms with van der Waals surface area (Å²) in [5, 5.41) is 3.29. The molecule has 0 atom stereocenters. The average Bonchev–Trinajstić information content (AvgIpc) is 3.35. The van der Waals surface area contributed by atoms with Gasteiger partial charge in [0, 0.05) is 50.5 Å². The lowest BCUT2D eigenvalue weighted by Crippen LogP contribution is -2.37. The molecule has 4 aromatic heterocycles. The molecule has 5 aromatic rings. The van der Waals surface area contributed by atoms with Gasteiger partial charge in [-0.25, -0.2) is 15.0 Å².